The van der Waals surface area contributed by atoms with Gasteiger partial charge < -0.3 is 30.2 Å². The maximum atomic E-state index is 12.2. The Balaban J connectivity index is 1.91. The van der Waals surface area contributed by atoms with E-state index < -0.39 is 0 Å². The van der Waals surface area contributed by atoms with Crippen LogP contribution in [-0.4, -0.2) is 52.8 Å². The van der Waals surface area contributed by atoms with Crippen molar-refractivity contribution in [2.45, 2.75) is 19.9 Å². The van der Waals surface area contributed by atoms with E-state index in [1.54, 1.807) is 21.3 Å². The lowest BCUT2D eigenvalue weighted by molar-refractivity contribution is -0.119. The lowest BCUT2D eigenvalue weighted by atomic mass is 10.1. The zero-order chi connectivity index (χ0) is 22.5. The number of hydrogen-bond donors (Lipinski definition) is 3. The molecule has 8 nitrogen and oxygen atoms in total. The summed E-state index contributed by atoms with van der Waals surface area (Å²) < 4.78 is 16.1. The summed E-state index contributed by atoms with van der Waals surface area (Å²) in [4.78, 5) is 16.7. The maximum Gasteiger partial charge on any atom is 0.239 e. The van der Waals surface area contributed by atoms with Crippen LogP contribution in [0.25, 0.3) is 0 Å². The van der Waals surface area contributed by atoms with E-state index in [9.17, 15) is 4.79 Å². The van der Waals surface area contributed by atoms with Crippen molar-refractivity contribution in [3.8, 4) is 17.2 Å². The van der Waals surface area contributed by atoms with Gasteiger partial charge in [0.25, 0.3) is 0 Å². The number of aliphatic imine (C=N–C) groups is 1. The molecule has 0 atom stereocenters. The molecule has 31 heavy (non-hydrogen) atoms. The highest BCUT2D eigenvalue weighted by atomic mass is 16.5. The number of guanidine groups is 1. The molecular weight excluding hydrogens is 396 g/mol. The largest absolute Gasteiger partial charge is 0.493 e. The predicted molar refractivity (Wildman–Crippen MR) is 122 cm³/mol. The van der Waals surface area contributed by atoms with Gasteiger partial charge in [-0.25, -0.2) is 4.99 Å². The minimum atomic E-state index is -0.0886. The van der Waals surface area contributed by atoms with Crippen LogP contribution < -0.4 is 30.2 Å². The molecule has 8 heteroatoms. The first-order valence-electron chi connectivity index (χ1n) is 10.2. The predicted octanol–water partition coefficient (Wildman–Crippen LogP) is 2.13. The average molecular weight is 429 g/mol. The lowest BCUT2D eigenvalue weighted by Crippen LogP contribution is -2.43. The minimum absolute atomic E-state index is 0.0886. The Labute approximate surface area is 184 Å². The van der Waals surface area contributed by atoms with Crippen molar-refractivity contribution in [3.63, 3.8) is 0 Å². The van der Waals surface area contributed by atoms with Gasteiger partial charge in [-0.1, -0.05) is 30.3 Å². The third-order valence-electron chi connectivity index (χ3n) is 4.48. The van der Waals surface area contributed by atoms with Crippen LogP contribution in [-0.2, 0) is 17.8 Å². The molecule has 0 aromatic heterocycles. The number of nitrogens with zero attached hydrogens (tertiary/aromatic N) is 1. The van der Waals surface area contributed by atoms with Crippen LogP contribution in [0.4, 0.5) is 0 Å². The normalized spacial score (nSPS) is 10.9. The summed E-state index contributed by atoms with van der Waals surface area (Å²) >= 11 is 0. The number of amides is 1. The molecule has 2 aromatic rings. The Hall–Kier alpha value is -3.42. The molecule has 0 bridgehead atoms. The SMILES string of the molecule is CCNC(=NCc1cc(OC)c(OC)c(OC)c1)NCC(=O)NCCc1ccccc1. The molecule has 0 heterocycles. The van der Waals surface area contributed by atoms with E-state index in [2.05, 4.69) is 20.9 Å². The van der Waals surface area contributed by atoms with E-state index in [4.69, 9.17) is 14.2 Å². The standard InChI is InChI=1S/C23H32N4O4/c1-5-24-23(27-16-21(28)25-12-11-17-9-7-6-8-10-17)26-15-18-13-19(29-2)22(31-4)20(14-18)30-3/h6-10,13-14H,5,11-12,15-16H2,1-4H3,(H,25,28)(H2,24,26,27). The monoisotopic (exact) mass is 428 g/mol. The maximum absolute atomic E-state index is 12.2. The Morgan fingerprint density at radius 3 is 2.16 bits per heavy atom. The van der Waals surface area contributed by atoms with Crippen LogP contribution in [0.15, 0.2) is 47.5 Å². The van der Waals surface area contributed by atoms with Crippen LogP contribution in [0.3, 0.4) is 0 Å². The second kappa shape index (κ2) is 13.0. The third kappa shape index (κ3) is 7.73. The van der Waals surface area contributed by atoms with Crippen molar-refractivity contribution < 1.29 is 19.0 Å². The zero-order valence-corrected chi connectivity index (χ0v) is 18.7. The summed E-state index contributed by atoms with van der Waals surface area (Å²) in [6.07, 6.45) is 0.794. The molecule has 2 aromatic carbocycles. The van der Waals surface area contributed by atoms with Gasteiger partial charge in [-0.3, -0.25) is 4.79 Å². The van der Waals surface area contributed by atoms with Crippen molar-refractivity contribution in [2.75, 3.05) is 41.0 Å². The Morgan fingerprint density at radius 2 is 1.58 bits per heavy atom. The fraction of sp³-hybridized carbons (Fsp3) is 0.391. The molecule has 168 valence electrons. The van der Waals surface area contributed by atoms with Crippen LogP contribution in [0.1, 0.15) is 18.1 Å². The summed E-state index contributed by atoms with van der Waals surface area (Å²) in [7, 11) is 4.72. The summed E-state index contributed by atoms with van der Waals surface area (Å²) in [6.45, 7) is 3.74. The summed E-state index contributed by atoms with van der Waals surface area (Å²) in [6, 6.07) is 13.8. The van der Waals surface area contributed by atoms with Gasteiger partial charge in [-0.15, -0.1) is 0 Å². The van der Waals surface area contributed by atoms with Gasteiger partial charge in [-0.2, -0.15) is 0 Å². The van der Waals surface area contributed by atoms with Crippen LogP contribution >= 0.6 is 0 Å². The summed E-state index contributed by atoms with van der Waals surface area (Å²) in [5.74, 6) is 2.14. The van der Waals surface area contributed by atoms with E-state index in [1.807, 2.05) is 49.4 Å². The highest BCUT2D eigenvalue weighted by molar-refractivity contribution is 5.86. The molecule has 0 unspecified atom stereocenters. The quantitative estimate of drug-likeness (QED) is 0.375. The minimum Gasteiger partial charge on any atom is -0.493 e. The molecule has 2 rings (SSSR count). The fourth-order valence-electron chi connectivity index (χ4n) is 2.96. The Kier molecular flexibility index (Phi) is 10.0. The van der Waals surface area contributed by atoms with Gasteiger partial charge in [-0.05, 0) is 36.6 Å². The van der Waals surface area contributed by atoms with Gasteiger partial charge in [0.1, 0.15) is 0 Å². The van der Waals surface area contributed by atoms with Crippen molar-refractivity contribution in [1.82, 2.24) is 16.0 Å². The smallest absolute Gasteiger partial charge is 0.239 e. The highest BCUT2D eigenvalue weighted by Gasteiger charge is 2.13. The molecule has 0 saturated carbocycles. The molecule has 0 saturated heterocycles. The number of nitrogens with one attached hydrogen (secondary N) is 3. The van der Waals surface area contributed by atoms with E-state index >= 15 is 0 Å². The van der Waals surface area contributed by atoms with Gasteiger partial charge in [0.05, 0.1) is 34.4 Å². The van der Waals surface area contributed by atoms with E-state index in [1.165, 1.54) is 5.56 Å². The number of carbonyl (C=O) groups is 1. The van der Waals surface area contributed by atoms with E-state index in [0.717, 1.165) is 12.0 Å². The summed E-state index contributed by atoms with van der Waals surface area (Å²) in [5.41, 5.74) is 2.08. The van der Waals surface area contributed by atoms with Crippen LogP contribution in [0, 0.1) is 0 Å². The molecular formula is C23H32N4O4. The first-order valence-corrected chi connectivity index (χ1v) is 10.2. The third-order valence-corrected chi connectivity index (χ3v) is 4.48. The molecule has 0 aliphatic heterocycles. The molecule has 0 spiro atoms. The van der Waals surface area contributed by atoms with E-state index in [0.29, 0.717) is 42.8 Å². The van der Waals surface area contributed by atoms with Crippen molar-refractivity contribution in [3.05, 3.63) is 53.6 Å². The Morgan fingerprint density at radius 1 is 0.903 bits per heavy atom. The molecule has 0 aliphatic carbocycles. The van der Waals surface area contributed by atoms with Gasteiger partial charge in [0.15, 0.2) is 17.5 Å². The first-order chi connectivity index (χ1) is 15.1. The zero-order valence-electron chi connectivity index (χ0n) is 18.7. The Bertz CT molecular complexity index is 831. The lowest BCUT2D eigenvalue weighted by Gasteiger charge is -2.14. The van der Waals surface area contributed by atoms with Gasteiger partial charge in [0, 0.05) is 13.1 Å². The van der Waals surface area contributed by atoms with Crippen molar-refractivity contribution in [2.24, 2.45) is 4.99 Å². The molecule has 3 N–H and O–H groups in total. The fourth-order valence-corrected chi connectivity index (χ4v) is 2.96. The van der Waals surface area contributed by atoms with Gasteiger partial charge >= 0.3 is 0 Å². The number of ether oxygens (including phenoxy) is 3. The topological polar surface area (TPSA) is 93.2 Å². The van der Waals surface area contributed by atoms with E-state index in [-0.39, 0.29) is 12.5 Å². The van der Waals surface area contributed by atoms with Crippen LogP contribution in [0.5, 0.6) is 17.2 Å². The average Bonchev–Trinajstić information content (AvgIpc) is 2.80. The van der Waals surface area contributed by atoms with Crippen molar-refractivity contribution >= 4 is 11.9 Å². The number of carbonyl (C=O) groups excluding carboxylic acids is 1. The number of rotatable bonds is 11. The second-order valence-electron chi connectivity index (χ2n) is 6.67. The number of methoxy groups -OCH3 is 3. The van der Waals surface area contributed by atoms with Gasteiger partial charge in [0.2, 0.25) is 11.7 Å². The molecule has 0 radical (unpaired) electrons. The van der Waals surface area contributed by atoms with Crippen LogP contribution in [0.2, 0.25) is 0 Å². The second-order valence-corrected chi connectivity index (χ2v) is 6.67. The molecule has 1 amide bonds. The molecule has 0 aliphatic rings. The summed E-state index contributed by atoms with van der Waals surface area (Å²) in [5, 5.41) is 9.11. The highest BCUT2D eigenvalue weighted by Crippen LogP contribution is 2.38. The molecule has 0 fully saturated rings. The first kappa shape index (κ1) is 23.9. The van der Waals surface area contributed by atoms with Crippen molar-refractivity contribution in [1.29, 1.82) is 0 Å². The number of hydrogen-bond acceptors (Lipinski definition) is 5. The number of benzene rings is 2.